The molecule has 1 unspecified atom stereocenters. The number of halogens is 1. The summed E-state index contributed by atoms with van der Waals surface area (Å²) in [4.78, 5) is 24.0. The molecule has 0 aliphatic carbocycles. The van der Waals surface area contributed by atoms with E-state index in [0.29, 0.717) is 16.3 Å². The standard InChI is InChI=1S/C18H15ClN2O2/c19-14-7-4-8-15(11-14)21-18(23)10-9-17(22)16(12-20)13-5-2-1-3-6-13/h1-8,11,16H,9-10H2,(H,21,23). The Bertz CT molecular complexity index is 738. The van der Waals surface area contributed by atoms with E-state index >= 15 is 0 Å². The monoisotopic (exact) mass is 326 g/mol. The molecule has 4 nitrogen and oxygen atoms in total. The van der Waals surface area contributed by atoms with Crippen LogP contribution in [0.25, 0.3) is 0 Å². The summed E-state index contributed by atoms with van der Waals surface area (Å²) in [5.41, 5.74) is 1.23. The molecule has 116 valence electrons. The van der Waals surface area contributed by atoms with Crippen LogP contribution < -0.4 is 5.32 Å². The Kier molecular flexibility index (Phi) is 5.90. The summed E-state index contributed by atoms with van der Waals surface area (Å²) in [7, 11) is 0. The minimum Gasteiger partial charge on any atom is -0.326 e. The molecule has 0 fully saturated rings. The number of hydrogen-bond donors (Lipinski definition) is 1. The van der Waals surface area contributed by atoms with Crippen molar-refractivity contribution in [1.82, 2.24) is 0 Å². The molecule has 5 heteroatoms. The minimum absolute atomic E-state index is 0.0134. The average molecular weight is 327 g/mol. The van der Waals surface area contributed by atoms with E-state index in [4.69, 9.17) is 11.6 Å². The van der Waals surface area contributed by atoms with E-state index in [1.807, 2.05) is 12.1 Å². The molecule has 2 aromatic carbocycles. The number of carbonyl (C=O) groups excluding carboxylic acids is 2. The van der Waals surface area contributed by atoms with Gasteiger partial charge >= 0.3 is 0 Å². The second-order valence-corrected chi connectivity index (χ2v) is 5.43. The number of hydrogen-bond acceptors (Lipinski definition) is 3. The first-order valence-electron chi connectivity index (χ1n) is 7.13. The van der Waals surface area contributed by atoms with Crippen LogP contribution in [0.4, 0.5) is 5.69 Å². The number of anilines is 1. The lowest BCUT2D eigenvalue weighted by atomic mass is 9.93. The smallest absolute Gasteiger partial charge is 0.224 e. The van der Waals surface area contributed by atoms with Crippen LogP contribution in [0.2, 0.25) is 5.02 Å². The second-order valence-electron chi connectivity index (χ2n) is 5.00. The Morgan fingerprint density at radius 2 is 1.83 bits per heavy atom. The predicted molar refractivity (Wildman–Crippen MR) is 89.1 cm³/mol. The maximum absolute atomic E-state index is 12.2. The van der Waals surface area contributed by atoms with Gasteiger partial charge in [-0.05, 0) is 23.8 Å². The third-order valence-corrected chi connectivity index (χ3v) is 3.53. The number of amides is 1. The largest absolute Gasteiger partial charge is 0.326 e. The van der Waals surface area contributed by atoms with Gasteiger partial charge < -0.3 is 5.32 Å². The van der Waals surface area contributed by atoms with Gasteiger partial charge in [0, 0.05) is 23.6 Å². The van der Waals surface area contributed by atoms with Crippen LogP contribution in [0.5, 0.6) is 0 Å². The molecule has 2 aromatic rings. The van der Waals surface area contributed by atoms with Gasteiger partial charge in [0.15, 0.2) is 5.78 Å². The fourth-order valence-electron chi connectivity index (χ4n) is 2.15. The van der Waals surface area contributed by atoms with E-state index in [1.54, 1.807) is 48.5 Å². The van der Waals surface area contributed by atoms with E-state index in [-0.39, 0.29) is 24.5 Å². The number of ketones is 1. The van der Waals surface area contributed by atoms with Crippen molar-refractivity contribution in [2.75, 3.05) is 5.32 Å². The van der Waals surface area contributed by atoms with Crippen molar-refractivity contribution in [2.45, 2.75) is 18.8 Å². The van der Waals surface area contributed by atoms with Gasteiger partial charge in [0.1, 0.15) is 5.92 Å². The predicted octanol–water partition coefficient (Wildman–Crippen LogP) is 3.94. The molecule has 0 aromatic heterocycles. The molecular weight excluding hydrogens is 312 g/mol. The van der Waals surface area contributed by atoms with Gasteiger partial charge in [0.05, 0.1) is 6.07 Å². The first-order chi connectivity index (χ1) is 11.1. The molecule has 0 saturated heterocycles. The van der Waals surface area contributed by atoms with Crippen LogP contribution >= 0.6 is 11.6 Å². The van der Waals surface area contributed by atoms with Gasteiger partial charge in [-0.15, -0.1) is 0 Å². The maximum atomic E-state index is 12.2. The zero-order valence-corrected chi connectivity index (χ0v) is 13.1. The molecule has 1 atom stereocenters. The van der Waals surface area contributed by atoms with Gasteiger partial charge in [-0.3, -0.25) is 9.59 Å². The number of nitriles is 1. The van der Waals surface area contributed by atoms with E-state index in [1.165, 1.54) is 0 Å². The Balaban J connectivity index is 1.91. The van der Waals surface area contributed by atoms with E-state index in [9.17, 15) is 14.9 Å². The number of Topliss-reactive ketones (excluding diaryl/α,β-unsaturated/α-hetero) is 1. The summed E-state index contributed by atoms with van der Waals surface area (Å²) in [6.07, 6.45) is 0.0376. The SMILES string of the molecule is N#CC(C(=O)CCC(=O)Nc1cccc(Cl)c1)c1ccccc1. The quantitative estimate of drug-likeness (QED) is 0.874. The van der Waals surface area contributed by atoms with Crippen molar-refractivity contribution < 1.29 is 9.59 Å². The highest BCUT2D eigenvalue weighted by Gasteiger charge is 2.20. The summed E-state index contributed by atoms with van der Waals surface area (Å²) in [5, 5.41) is 12.4. The Morgan fingerprint density at radius 3 is 2.48 bits per heavy atom. The Labute approximate surface area is 139 Å². The normalized spacial score (nSPS) is 11.3. The molecule has 0 aliphatic heterocycles. The van der Waals surface area contributed by atoms with E-state index in [2.05, 4.69) is 5.32 Å². The van der Waals surface area contributed by atoms with Gasteiger partial charge in [0.2, 0.25) is 5.91 Å². The molecule has 1 N–H and O–H groups in total. The second kappa shape index (κ2) is 8.11. The molecule has 0 saturated carbocycles. The average Bonchev–Trinajstić information content (AvgIpc) is 2.55. The highest BCUT2D eigenvalue weighted by atomic mass is 35.5. The Hall–Kier alpha value is -2.64. The van der Waals surface area contributed by atoms with Crippen LogP contribution in [0, 0.1) is 11.3 Å². The fraction of sp³-hybridized carbons (Fsp3) is 0.167. The number of nitrogens with zero attached hydrogens (tertiary/aromatic N) is 1. The number of rotatable bonds is 6. The van der Waals surface area contributed by atoms with Crippen molar-refractivity contribution >= 4 is 29.0 Å². The zero-order chi connectivity index (χ0) is 16.7. The fourth-order valence-corrected chi connectivity index (χ4v) is 2.34. The van der Waals surface area contributed by atoms with Crippen molar-refractivity contribution in [1.29, 1.82) is 5.26 Å². The summed E-state index contributed by atoms with van der Waals surface area (Å²) >= 11 is 5.84. The molecule has 0 radical (unpaired) electrons. The third-order valence-electron chi connectivity index (χ3n) is 3.29. The van der Waals surface area contributed by atoms with Crippen LogP contribution in [0.1, 0.15) is 24.3 Å². The summed E-state index contributed by atoms with van der Waals surface area (Å²) < 4.78 is 0. The zero-order valence-electron chi connectivity index (χ0n) is 12.3. The van der Waals surface area contributed by atoms with Crippen LogP contribution in [0.15, 0.2) is 54.6 Å². The topological polar surface area (TPSA) is 70.0 Å². The van der Waals surface area contributed by atoms with Gasteiger partial charge in [0.25, 0.3) is 0 Å². The number of benzene rings is 2. The molecule has 2 rings (SSSR count). The van der Waals surface area contributed by atoms with Crippen LogP contribution in [-0.4, -0.2) is 11.7 Å². The van der Waals surface area contributed by atoms with Crippen LogP contribution in [0.3, 0.4) is 0 Å². The highest BCUT2D eigenvalue weighted by Crippen LogP contribution is 2.19. The van der Waals surface area contributed by atoms with E-state index in [0.717, 1.165) is 0 Å². The first kappa shape index (κ1) is 16.7. The van der Waals surface area contributed by atoms with Crippen molar-refractivity contribution in [3.05, 3.63) is 65.2 Å². The molecule has 0 bridgehead atoms. The highest BCUT2D eigenvalue weighted by molar-refractivity contribution is 6.30. The number of carbonyl (C=O) groups is 2. The molecule has 23 heavy (non-hydrogen) atoms. The molecule has 0 aliphatic rings. The molecule has 1 amide bonds. The summed E-state index contributed by atoms with van der Waals surface area (Å²) in [6.45, 7) is 0. The van der Waals surface area contributed by atoms with Crippen molar-refractivity contribution in [3.8, 4) is 6.07 Å². The third kappa shape index (κ3) is 4.94. The van der Waals surface area contributed by atoms with Gasteiger partial charge in [-0.2, -0.15) is 5.26 Å². The minimum atomic E-state index is -0.838. The van der Waals surface area contributed by atoms with Crippen molar-refractivity contribution in [3.63, 3.8) is 0 Å². The summed E-state index contributed by atoms with van der Waals surface area (Å²) in [6, 6.07) is 17.6. The molecular formula is C18H15ClN2O2. The van der Waals surface area contributed by atoms with Crippen LogP contribution in [-0.2, 0) is 9.59 Å². The number of nitrogens with one attached hydrogen (secondary N) is 1. The van der Waals surface area contributed by atoms with Gasteiger partial charge in [-0.1, -0.05) is 48.0 Å². The lowest BCUT2D eigenvalue weighted by Crippen LogP contribution is -2.16. The maximum Gasteiger partial charge on any atom is 0.224 e. The lowest BCUT2D eigenvalue weighted by Gasteiger charge is -2.09. The Morgan fingerprint density at radius 1 is 1.09 bits per heavy atom. The van der Waals surface area contributed by atoms with E-state index < -0.39 is 5.92 Å². The molecule has 0 spiro atoms. The first-order valence-corrected chi connectivity index (χ1v) is 7.50. The van der Waals surface area contributed by atoms with Crippen molar-refractivity contribution in [2.24, 2.45) is 0 Å². The lowest BCUT2D eigenvalue weighted by molar-refractivity contribution is -0.123. The summed E-state index contributed by atoms with van der Waals surface area (Å²) in [5.74, 6) is -1.39. The van der Waals surface area contributed by atoms with Gasteiger partial charge in [-0.25, -0.2) is 0 Å². The molecule has 0 heterocycles.